The Kier molecular flexibility index (Phi) is 6.29. The molecule has 0 spiro atoms. The van der Waals surface area contributed by atoms with Gasteiger partial charge >= 0.3 is 0 Å². The molecule has 1 atom stereocenters. The minimum absolute atomic E-state index is 0.0546. The van der Waals surface area contributed by atoms with Gasteiger partial charge in [-0.3, -0.25) is 19.4 Å². The summed E-state index contributed by atoms with van der Waals surface area (Å²) in [7, 11) is 0. The van der Waals surface area contributed by atoms with Crippen LogP contribution in [0.4, 0.5) is 5.69 Å². The molecule has 0 N–H and O–H groups in total. The van der Waals surface area contributed by atoms with Gasteiger partial charge in [-0.25, -0.2) is 0 Å². The number of imide groups is 1. The summed E-state index contributed by atoms with van der Waals surface area (Å²) in [6.07, 6.45) is 1.81. The van der Waals surface area contributed by atoms with Crippen molar-refractivity contribution in [1.29, 1.82) is 0 Å². The van der Waals surface area contributed by atoms with E-state index in [4.69, 9.17) is 20.8 Å². The first-order valence-corrected chi connectivity index (χ1v) is 12.9. The molecule has 2 saturated heterocycles. The molecule has 3 aliphatic rings. The zero-order valence-corrected chi connectivity index (χ0v) is 20.7. The molecule has 2 amide bonds. The SMILES string of the molecule is O=C1c2cccc(N3CCN(Cc4ccc(-c5ccc(Cl)cc5)o4)CC3)c2C(=O)N1CC1CCCO1. The number of benzene rings is 2. The monoisotopic (exact) mass is 505 g/mol. The topological polar surface area (TPSA) is 66.2 Å². The van der Waals surface area contributed by atoms with Gasteiger partial charge in [-0.1, -0.05) is 17.7 Å². The van der Waals surface area contributed by atoms with Crippen LogP contribution in [0, 0.1) is 0 Å². The fourth-order valence-electron chi connectivity index (χ4n) is 5.34. The Morgan fingerprint density at radius 2 is 1.72 bits per heavy atom. The fraction of sp³-hybridized carbons (Fsp3) is 0.357. The van der Waals surface area contributed by atoms with Crippen molar-refractivity contribution in [2.24, 2.45) is 0 Å². The molecule has 0 radical (unpaired) electrons. The molecular weight excluding hydrogens is 478 g/mol. The smallest absolute Gasteiger partial charge is 0.263 e. The number of amides is 2. The fourth-order valence-corrected chi connectivity index (χ4v) is 5.46. The van der Waals surface area contributed by atoms with E-state index in [0.717, 1.165) is 68.3 Å². The van der Waals surface area contributed by atoms with Gasteiger partial charge in [0.2, 0.25) is 0 Å². The molecule has 4 heterocycles. The van der Waals surface area contributed by atoms with Crippen LogP contribution in [0.5, 0.6) is 0 Å². The third-order valence-corrected chi connectivity index (χ3v) is 7.52. The van der Waals surface area contributed by atoms with Gasteiger partial charge in [0.1, 0.15) is 11.5 Å². The van der Waals surface area contributed by atoms with Gasteiger partial charge in [0.15, 0.2) is 0 Å². The van der Waals surface area contributed by atoms with E-state index < -0.39 is 0 Å². The van der Waals surface area contributed by atoms with Crippen molar-refractivity contribution in [2.75, 3.05) is 44.2 Å². The van der Waals surface area contributed by atoms with Crippen LogP contribution in [0.1, 0.15) is 39.3 Å². The number of fused-ring (bicyclic) bond motifs is 1. The lowest BCUT2D eigenvalue weighted by atomic mass is 10.1. The van der Waals surface area contributed by atoms with Crippen LogP contribution >= 0.6 is 11.6 Å². The van der Waals surface area contributed by atoms with E-state index in [-0.39, 0.29) is 17.9 Å². The molecule has 1 unspecified atom stereocenters. The second kappa shape index (κ2) is 9.73. The largest absolute Gasteiger partial charge is 0.460 e. The summed E-state index contributed by atoms with van der Waals surface area (Å²) in [6.45, 7) is 4.97. The Morgan fingerprint density at radius 1 is 0.917 bits per heavy atom. The minimum atomic E-state index is -0.208. The van der Waals surface area contributed by atoms with Crippen molar-refractivity contribution in [1.82, 2.24) is 9.80 Å². The number of ether oxygens (including phenoxy) is 1. The summed E-state index contributed by atoms with van der Waals surface area (Å²) < 4.78 is 11.8. The summed E-state index contributed by atoms with van der Waals surface area (Å²) in [5.41, 5.74) is 2.89. The number of piperazine rings is 1. The summed E-state index contributed by atoms with van der Waals surface area (Å²) in [6, 6.07) is 17.2. The van der Waals surface area contributed by atoms with Crippen LogP contribution in [0.3, 0.4) is 0 Å². The number of carbonyl (C=O) groups is 2. The predicted octanol–water partition coefficient (Wildman–Crippen LogP) is 4.70. The van der Waals surface area contributed by atoms with Gasteiger partial charge in [-0.2, -0.15) is 0 Å². The molecule has 3 aromatic rings. The number of anilines is 1. The van der Waals surface area contributed by atoms with E-state index in [1.165, 1.54) is 4.90 Å². The molecule has 8 heteroatoms. The van der Waals surface area contributed by atoms with E-state index in [0.29, 0.717) is 29.3 Å². The van der Waals surface area contributed by atoms with Crippen LogP contribution in [0.2, 0.25) is 5.02 Å². The van der Waals surface area contributed by atoms with Crippen molar-refractivity contribution in [3.05, 3.63) is 76.5 Å². The van der Waals surface area contributed by atoms with Crippen molar-refractivity contribution in [2.45, 2.75) is 25.5 Å². The molecule has 0 bridgehead atoms. The Morgan fingerprint density at radius 3 is 2.47 bits per heavy atom. The Labute approximate surface area is 215 Å². The molecule has 186 valence electrons. The molecule has 7 nitrogen and oxygen atoms in total. The molecule has 3 aliphatic heterocycles. The first-order chi connectivity index (χ1) is 17.6. The van der Waals surface area contributed by atoms with Crippen molar-refractivity contribution in [3.63, 3.8) is 0 Å². The molecule has 2 aromatic carbocycles. The highest BCUT2D eigenvalue weighted by atomic mass is 35.5. The average Bonchev–Trinajstić information content (AvgIpc) is 3.64. The highest BCUT2D eigenvalue weighted by molar-refractivity contribution is 6.30. The standard InChI is InChI=1S/C28H28ClN3O4/c29-20-8-6-19(7-9-20)25-11-10-22(36-25)17-30-12-14-31(15-13-30)24-5-1-4-23-26(24)28(34)32(27(23)33)18-21-3-2-16-35-21/h1,4-11,21H,2-3,12-18H2. The maximum absolute atomic E-state index is 13.3. The summed E-state index contributed by atoms with van der Waals surface area (Å²) in [5, 5.41) is 0.703. The maximum Gasteiger partial charge on any atom is 0.263 e. The van der Waals surface area contributed by atoms with E-state index in [9.17, 15) is 9.59 Å². The van der Waals surface area contributed by atoms with Crippen LogP contribution in [0.25, 0.3) is 11.3 Å². The lowest BCUT2D eigenvalue weighted by Gasteiger charge is -2.36. The lowest BCUT2D eigenvalue weighted by molar-refractivity contribution is 0.0475. The summed E-state index contributed by atoms with van der Waals surface area (Å²) in [5.74, 6) is 1.34. The number of rotatable bonds is 6. The van der Waals surface area contributed by atoms with Crippen molar-refractivity contribution >= 4 is 29.1 Å². The number of nitrogens with zero attached hydrogens (tertiary/aromatic N) is 3. The lowest BCUT2D eigenvalue weighted by Crippen LogP contribution is -2.46. The second-order valence-electron chi connectivity index (χ2n) is 9.59. The average molecular weight is 506 g/mol. The summed E-state index contributed by atoms with van der Waals surface area (Å²) in [4.78, 5) is 32.2. The van der Waals surface area contributed by atoms with Gasteiger partial charge in [0.05, 0.1) is 36.0 Å². The van der Waals surface area contributed by atoms with E-state index in [1.54, 1.807) is 6.07 Å². The molecular formula is C28H28ClN3O4. The normalized spacial score (nSPS) is 20.4. The van der Waals surface area contributed by atoms with Crippen LogP contribution in [0.15, 0.2) is 59.0 Å². The molecule has 6 rings (SSSR count). The number of furan rings is 1. The maximum atomic E-state index is 13.3. The molecule has 0 aliphatic carbocycles. The molecule has 2 fully saturated rings. The predicted molar refractivity (Wildman–Crippen MR) is 137 cm³/mol. The van der Waals surface area contributed by atoms with Crippen molar-refractivity contribution < 1.29 is 18.7 Å². The van der Waals surface area contributed by atoms with Gasteiger partial charge < -0.3 is 14.1 Å². The van der Waals surface area contributed by atoms with Gasteiger partial charge in [-0.15, -0.1) is 0 Å². The Hall–Kier alpha value is -3.13. The zero-order valence-electron chi connectivity index (χ0n) is 20.0. The van der Waals surface area contributed by atoms with Crippen molar-refractivity contribution in [3.8, 4) is 11.3 Å². The van der Waals surface area contributed by atoms with Crippen LogP contribution in [-0.2, 0) is 11.3 Å². The Balaban J connectivity index is 1.11. The number of carbonyl (C=O) groups excluding carboxylic acids is 2. The molecule has 0 saturated carbocycles. The van der Waals surface area contributed by atoms with E-state index in [1.807, 2.05) is 48.5 Å². The molecule has 1 aromatic heterocycles. The van der Waals surface area contributed by atoms with Crippen LogP contribution < -0.4 is 4.90 Å². The first kappa shape index (κ1) is 23.3. The van der Waals surface area contributed by atoms with E-state index >= 15 is 0 Å². The summed E-state index contributed by atoms with van der Waals surface area (Å²) >= 11 is 5.99. The first-order valence-electron chi connectivity index (χ1n) is 12.5. The van der Waals surface area contributed by atoms with Gasteiger partial charge in [0, 0.05) is 43.4 Å². The third kappa shape index (κ3) is 4.43. The highest BCUT2D eigenvalue weighted by Gasteiger charge is 2.40. The number of hydrogen-bond acceptors (Lipinski definition) is 6. The third-order valence-electron chi connectivity index (χ3n) is 7.27. The minimum Gasteiger partial charge on any atom is -0.460 e. The number of halogens is 1. The Bertz CT molecular complexity index is 1270. The van der Waals surface area contributed by atoms with E-state index in [2.05, 4.69) is 9.80 Å². The quantitative estimate of drug-likeness (QED) is 0.452. The highest BCUT2D eigenvalue weighted by Crippen LogP contribution is 2.33. The zero-order chi connectivity index (χ0) is 24.6. The van der Waals surface area contributed by atoms with Gasteiger partial charge in [0.25, 0.3) is 11.8 Å². The second-order valence-corrected chi connectivity index (χ2v) is 10.0. The number of hydrogen-bond donors (Lipinski definition) is 0. The molecule has 36 heavy (non-hydrogen) atoms. The van der Waals surface area contributed by atoms with Gasteiger partial charge in [-0.05, 0) is 61.4 Å². The van der Waals surface area contributed by atoms with Crippen LogP contribution in [-0.4, -0.2) is 67.0 Å².